The molecule has 0 unspecified atom stereocenters. The molecule has 0 saturated carbocycles. The summed E-state index contributed by atoms with van der Waals surface area (Å²) in [6.45, 7) is 1.93. The molecule has 1 fully saturated rings. The Morgan fingerprint density at radius 2 is 2.08 bits per heavy atom. The number of carbonyl (C=O) groups excluding carboxylic acids is 1. The Morgan fingerprint density at radius 3 is 2.85 bits per heavy atom. The summed E-state index contributed by atoms with van der Waals surface area (Å²) >= 11 is 0. The Morgan fingerprint density at radius 1 is 1.23 bits per heavy atom. The van der Waals surface area contributed by atoms with E-state index in [1.165, 1.54) is 0 Å². The average Bonchev–Trinajstić information content (AvgIpc) is 3.35. The second-order valence-electron chi connectivity index (χ2n) is 6.07. The monoisotopic (exact) mass is 373 g/mol. The summed E-state index contributed by atoms with van der Waals surface area (Å²) in [5.74, 6) is -0.262. The van der Waals surface area contributed by atoms with Crippen LogP contribution in [0, 0.1) is 0 Å². The molecule has 26 heavy (non-hydrogen) atoms. The highest BCUT2D eigenvalue weighted by Gasteiger charge is 2.18. The van der Waals surface area contributed by atoms with Crippen LogP contribution in [0.2, 0.25) is 0 Å². The molecule has 1 saturated heterocycles. The minimum absolute atomic E-state index is 0. The third-order valence-corrected chi connectivity index (χ3v) is 4.36. The van der Waals surface area contributed by atoms with Crippen molar-refractivity contribution in [1.82, 2.24) is 30.5 Å². The molecule has 0 aliphatic carbocycles. The van der Waals surface area contributed by atoms with Gasteiger partial charge >= 0.3 is 0 Å². The third-order valence-electron chi connectivity index (χ3n) is 4.36. The molecule has 1 aromatic carbocycles. The highest BCUT2D eigenvalue weighted by molar-refractivity contribution is 6.02. The fourth-order valence-electron chi connectivity index (χ4n) is 3.01. The topological polar surface area (TPSA) is 101 Å². The van der Waals surface area contributed by atoms with Crippen molar-refractivity contribution in [3.8, 4) is 11.3 Å². The van der Waals surface area contributed by atoms with Crippen molar-refractivity contribution in [2.75, 3.05) is 18.4 Å². The number of hydrogen-bond acceptors (Lipinski definition) is 5. The molecule has 136 valence electrons. The smallest absolute Gasteiger partial charge is 0.277 e. The summed E-state index contributed by atoms with van der Waals surface area (Å²) in [6, 6.07) is 9.76. The molecule has 3 heterocycles. The van der Waals surface area contributed by atoms with Crippen LogP contribution in [0.25, 0.3) is 11.3 Å². The number of halogens is 1. The fraction of sp³-hybridized carbons (Fsp3) is 0.294. The number of hydrogen-bond donors (Lipinski definition) is 3. The third kappa shape index (κ3) is 3.92. The van der Waals surface area contributed by atoms with Gasteiger partial charge in [0.2, 0.25) is 0 Å². The highest BCUT2D eigenvalue weighted by Crippen LogP contribution is 2.21. The summed E-state index contributed by atoms with van der Waals surface area (Å²) < 4.78 is 1.80. The molecule has 0 radical (unpaired) electrons. The molecule has 1 aliphatic rings. The molecular formula is C17H20ClN7O. The van der Waals surface area contributed by atoms with Crippen molar-refractivity contribution >= 4 is 24.0 Å². The van der Waals surface area contributed by atoms with E-state index in [1.54, 1.807) is 17.1 Å². The van der Waals surface area contributed by atoms with Gasteiger partial charge in [0.05, 0.1) is 17.9 Å². The minimum atomic E-state index is -0.262. The van der Waals surface area contributed by atoms with E-state index >= 15 is 0 Å². The van der Waals surface area contributed by atoms with Crippen molar-refractivity contribution in [2.24, 2.45) is 0 Å². The van der Waals surface area contributed by atoms with Gasteiger partial charge in [-0.15, -0.1) is 17.5 Å². The summed E-state index contributed by atoms with van der Waals surface area (Å²) in [4.78, 5) is 12.4. The summed E-state index contributed by atoms with van der Waals surface area (Å²) in [5.41, 5.74) is 2.88. The van der Waals surface area contributed by atoms with Crippen LogP contribution in [0.4, 0.5) is 5.69 Å². The van der Waals surface area contributed by atoms with E-state index in [9.17, 15) is 4.79 Å². The van der Waals surface area contributed by atoms with Crippen LogP contribution in [-0.2, 0) is 0 Å². The van der Waals surface area contributed by atoms with Gasteiger partial charge in [0.1, 0.15) is 0 Å². The molecule has 9 heteroatoms. The van der Waals surface area contributed by atoms with Crippen molar-refractivity contribution in [3.63, 3.8) is 0 Å². The van der Waals surface area contributed by atoms with Gasteiger partial charge in [-0.1, -0.05) is 17.3 Å². The lowest BCUT2D eigenvalue weighted by atomic mass is 10.1. The van der Waals surface area contributed by atoms with Crippen LogP contribution in [0.1, 0.15) is 29.4 Å². The van der Waals surface area contributed by atoms with Gasteiger partial charge in [0.15, 0.2) is 5.69 Å². The second-order valence-corrected chi connectivity index (χ2v) is 6.07. The number of nitrogens with zero attached hydrogens (tertiary/aromatic N) is 4. The predicted octanol–water partition coefficient (Wildman–Crippen LogP) is 2.27. The number of nitrogens with one attached hydrogen (secondary N) is 3. The van der Waals surface area contributed by atoms with Gasteiger partial charge < -0.3 is 10.6 Å². The second kappa shape index (κ2) is 8.11. The first-order valence-corrected chi connectivity index (χ1v) is 8.33. The summed E-state index contributed by atoms with van der Waals surface area (Å²) in [5, 5.41) is 21.2. The van der Waals surface area contributed by atoms with E-state index in [4.69, 9.17) is 0 Å². The van der Waals surface area contributed by atoms with Gasteiger partial charge in [-0.2, -0.15) is 5.10 Å². The number of carbonyl (C=O) groups is 1. The molecular weight excluding hydrogens is 354 g/mol. The Kier molecular flexibility index (Phi) is 5.65. The van der Waals surface area contributed by atoms with Crippen molar-refractivity contribution in [1.29, 1.82) is 0 Å². The lowest BCUT2D eigenvalue weighted by molar-refractivity contribution is 0.102. The Labute approximate surface area is 156 Å². The van der Waals surface area contributed by atoms with Gasteiger partial charge in [-0.05, 0) is 44.1 Å². The number of benzene rings is 1. The van der Waals surface area contributed by atoms with E-state index in [1.807, 2.05) is 30.3 Å². The minimum Gasteiger partial charge on any atom is -0.321 e. The first kappa shape index (κ1) is 18.1. The lowest BCUT2D eigenvalue weighted by Gasteiger charge is -2.22. The molecule has 4 rings (SSSR count). The van der Waals surface area contributed by atoms with Crippen LogP contribution in [0.5, 0.6) is 0 Å². The Balaban J connectivity index is 0.00000196. The van der Waals surface area contributed by atoms with E-state index < -0.39 is 0 Å². The van der Waals surface area contributed by atoms with E-state index in [0.29, 0.717) is 17.4 Å². The zero-order chi connectivity index (χ0) is 17.1. The number of aromatic amines is 1. The predicted molar refractivity (Wildman–Crippen MR) is 100 cm³/mol. The molecule has 1 aliphatic heterocycles. The molecule has 3 aromatic rings. The number of H-pyrrole nitrogens is 1. The first-order chi connectivity index (χ1) is 12.3. The summed E-state index contributed by atoms with van der Waals surface area (Å²) in [6.07, 6.45) is 5.41. The van der Waals surface area contributed by atoms with Gasteiger partial charge in [-0.25, -0.2) is 4.68 Å². The standard InChI is InChI=1S/C17H19N7O.ClH/c25-17(16-11-24(23-22-16)14-4-7-18-8-5-14)20-13-3-1-2-12(10-13)15-6-9-19-21-15;/h1-3,6,9-11,14,18H,4-5,7-8H2,(H,19,21)(H,20,25);1H. The Hall–Kier alpha value is -2.71. The van der Waals surface area contributed by atoms with Gasteiger partial charge in [0, 0.05) is 17.4 Å². The molecule has 0 bridgehead atoms. The molecule has 0 atom stereocenters. The first-order valence-electron chi connectivity index (χ1n) is 8.33. The number of rotatable bonds is 4. The number of amides is 1. The van der Waals surface area contributed by atoms with Crippen molar-refractivity contribution < 1.29 is 4.79 Å². The van der Waals surface area contributed by atoms with Crippen molar-refractivity contribution in [3.05, 3.63) is 48.4 Å². The molecule has 2 aromatic heterocycles. The maximum absolute atomic E-state index is 12.4. The summed E-state index contributed by atoms with van der Waals surface area (Å²) in [7, 11) is 0. The number of aromatic nitrogens is 5. The maximum Gasteiger partial charge on any atom is 0.277 e. The molecule has 3 N–H and O–H groups in total. The lowest BCUT2D eigenvalue weighted by Crippen LogP contribution is -2.29. The van der Waals surface area contributed by atoms with Gasteiger partial charge in [0.25, 0.3) is 5.91 Å². The van der Waals surface area contributed by atoms with Crippen LogP contribution < -0.4 is 10.6 Å². The van der Waals surface area contributed by atoms with E-state index in [-0.39, 0.29) is 18.3 Å². The van der Waals surface area contributed by atoms with E-state index in [0.717, 1.165) is 37.2 Å². The maximum atomic E-state index is 12.4. The number of anilines is 1. The highest BCUT2D eigenvalue weighted by atomic mass is 35.5. The normalized spacial score (nSPS) is 14.6. The zero-order valence-electron chi connectivity index (χ0n) is 14.1. The van der Waals surface area contributed by atoms with Crippen LogP contribution in [0.3, 0.4) is 0 Å². The molecule has 1 amide bonds. The van der Waals surface area contributed by atoms with E-state index in [2.05, 4.69) is 31.1 Å². The van der Waals surface area contributed by atoms with Crippen LogP contribution >= 0.6 is 12.4 Å². The zero-order valence-corrected chi connectivity index (χ0v) is 14.9. The molecule has 0 spiro atoms. The van der Waals surface area contributed by atoms with Gasteiger partial charge in [-0.3, -0.25) is 9.89 Å². The SMILES string of the molecule is Cl.O=C(Nc1cccc(-c2ccn[nH]2)c1)c1cn(C2CCNCC2)nn1. The quantitative estimate of drug-likeness (QED) is 0.651. The van der Waals surface area contributed by atoms with Crippen LogP contribution in [0.15, 0.2) is 42.7 Å². The fourth-order valence-corrected chi connectivity index (χ4v) is 3.01. The number of piperidine rings is 1. The Bertz CT molecular complexity index is 856. The van der Waals surface area contributed by atoms with Crippen LogP contribution in [-0.4, -0.2) is 44.2 Å². The average molecular weight is 374 g/mol. The van der Waals surface area contributed by atoms with Crippen molar-refractivity contribution in [2.45, 2.75) is 18.9 Å². The molecule has 8 nitrogen and oxygen atoms in total. The largest absolute Gasteiger partial charge is 0.321 e.